The van der Waals surface area contributed by atoms with Crippen LogP contribution in [-0.4, -0.2) is 12.5 Å². The van der Waals surface area contributed by atoms with Crippen molar-refractivity contribution in [3.05, 3.63) is 94.3 Å². The number of alkyl halides is 2. The molecule has 150 valence electrons. The molecule has 0 atom stereocenters. The average Bonchev–Trinajstić information content (AvgIpc) is 2.72. The van der Waals surface area contributed by atoms with Crippen molar-refractivity contribution in [1.29, 1.82) is 0 Å². The highest BCUT2D eigenvalue weighted by atomic mass is 35.5. The van der Waals surface area contributed by atoms with Gasteiger partial charge >= 0.3 is 11.9 Å². The average molecular weight is 419 g/mol. The van der Waals surface area contributed by atoms with E-state index in [-0.39, 0.29) is 22.1 Å². The molecular weight excluding hydrogens is 402 g/mol. The lowest BCUT2D eigenvalue weighted by atomic mass is 10.1. The van der Waals surface area contributed by atoms with Crippen LogP contribution in [0.1, 0.15) is 11.3 Å². The Morgan fingerprint density at radius 2 is 1.66 bits per heavy atom. The summed E-state index contributed by atoms with van der Waals surface area (Å²) in [7, 11) is 0. The number of esters is 1. The molecular formula is C21H17ClF2N2O3. The number of anilines is 1. The first-order valence-electron chi connectivity index (χ1n) is 8.71. The zero-order chi connectivity index (χ0) is 20.9. The van der Waals surface area contributed by atoms with Crippen LogP contribution in [0.4, 0.5) is 14.6 Å². The molecule has 0 aliphatic carbocycles. The fourth-order valence-corrected chi connectivity index (χ4v) is 2.83. The summed E-state index contributed by atoms with van der Waals surface area (Å²) in [6.45, 7) is -0.797. The van der Waals surface area contributed by atoms with Crippen LogP contribution >= 0.6 is 11.6 Å². The van der Waals surface area contributed by atoms with Gasteiger partial charge in [-0.15, -0.1) is 0 Å². The predicted octanol–water partition coefficient (Wildman–Crippen LogP) is 4.33. The van der Waals surface area contributed by atoms with E-state index >= 15 is 0 Å². The van der Waals surface area contributed by atoms with E-state index in [0.717, 1.165) is 0 Å². The first-order valence-corrected chi connectivity index (χ1v) is 9.08. The van der Waals surface area contributed by atoms with E-state index in [1.807, 2.05) is 0 Å². The Bertz CT molecular complexity index is 986. The maximum atomic E-state index is 14.3. The zero-order valence-corrected chi connectivity index (χ0v) is 15.9. The van der Waals surface area contributed by atoms with Gasteiger partial charge < -0.3 is 9.94 Å². The molecule has 0 unspecified atom stereocenters. The molecule has 1 heterocycles. The molecule has 2 aromatic carbocycles. The molecule has 0 radical (unpaired) electrons. The summed E-state index contributed by atoms with van der Waals surface area (Å²) in [5.41, 5.74) is -0.272. The number of ether oxygens (including phenoxy) is 1. The number of rotatable bonds is 7. The van der Waals surface area contributed by atoms with Crippen LogP contribution in [0.5, 0.6) is 5.75 Å². The number of benzene rings is 2. The number of nitrogens with one attached hydrogen (secondary N) is 1. The third kappa shape index (κ3) is 5.20. The lowest BCUT2D eigenvalue weighted by molar-refractivity contribution is -0.598. The third-order valence-electron chi connectivity index (χ3n) is 4.10. The number of aromatic nitrogens is 1. The summed E-state index contributed by atoms with van der Waals surface area (Å²) in [5.74, 6) is -3.72. The first kappa shape index (κ1) is 20.5. The zero-order valence-electron chi connectivity index (χ0n) is 15.1. The molecule has 0 aliphatic rings. The standard InChI is InChI=1S/C21H17ClF2N2O3/c22-17-11-12-19(25-14-21(23,24)15-7-3-1-4-8-15)26(28)18(17)13-20(27)29-16-9-5-2-6-10-16/h1-12,25H,13-14H2. The molecule has 0 fully saturated rings. The van der Waals surface area contributed by atoms with Crippen molar-refractivity contribution in [2.75, 3.05) is 11.9 Å². The van der Waals surface area contributed by atoms with Gasteiger partial charge in [0.15, 0.2) is 6.54 Å². The van der Waals surface area contributed by atoms with E-state index in [9.17, 15) is 18.8 Å². The number of hydrogen-bond donors (Lipinski definition) is 1. The molecule has 3 rings (SSSR count). The van der Waals surface area contributed by atoms with Gasteiger partial charge in [0, 0.05) is 11.6 Å². The quantitative estimate of drug-likeness (QED) is 0.268. The Kier molecular flexibility index (Phi) is 6.29. The molecule has 0 amide bonds. The smallest absolute Gasteiger partial charge is 0.319 e. The number of pyridine rings is 1. The molecule has 0 spiro atoms. The second-order valence-corrected chi connectivity index (χ2v) is 6.60. The van der Waals surface area contributed by atoms with E-state index in [0.29, 0.717) is 10.5 Å². The fourth-order valence-electron chi connectivity index (χ4n) is 2.62. The van der Waals surface area contributed by atoms with Crippen LogP contribution in [0.2, 0.25) is 5.02 Å². The van der Waals surface area contributed by atoms with Crippen LogP contribution in [0, 0.1) is 5.21 Å². The van der Waals surface area contributed by atoms with Gasteiger partial charge in [-0.25, -0.2) is 4.73 Å². The number of carbonyl (C=O) groups is 1. The highest BCUT2D eigenvalue weighted by Gasteiger charge is 2.34. The topological polar surface area (TPSA) is 65.3 Å². The van der Waals surface area contributed by atoms with Gasteiger partial charge in [0.1, 0.15) is 17.9 Å². The van der Waals surface area contributed by atoms with Gasteiger partial charge in [0.05, 0.1) is 5.02 Å². The van der Waals surface area contributed by atoms with Crippen LogP contribution in [0.15, 0.2) is 72.8 Å². The molecule has 0 bridgehead atoms. The third-order valence-corrected chi connectivity index (χ3v) is 4.45. The summed E-state index contributed by atoms with van der Waals surface area (Å²) in [6, 6.07) is 18.3. The van der Waals surface area contributed by atoms with Crippen LogP contribution in [-0.2, 0) is 17.1 Å². The minimum atomic E-state index is -3.19. The molecule has 29 heavy (non-hydrogen) atoms. The number of carbonyl (C=O) groups excluding carboxylic acids is 1. The van der Waals surface area contributed by atoms with Gasteiger partial charge in [0.2, 0.25) is 0 Å². The Balaban J connectivity index is 1.72. The van der Waals surface area contributed by atoms with Crippen LogP contribution in [0.3, 0.4) is 0 Å². The van der Waals surface area contributed by atoms with Crippen LogP contribution < -0.4 is 14.8 Å². The number of hydrogen-bond acceptors (Lipinski definition) is 4. The van der Waals surface area contributed by atoms with E-state index in [1.54, 1.807) is 36.4 Å². The molecule has 0 saturated carbocycles. The highest BCUT2D eigenvalue weighted by Crippen LogP contribution is 2.28. The summed E-state index contributed by atoms with van der Waals surface area (Å²) in [6.07, 6.45) is -0.415. The maximum absolute atomic E-state index is 14.3. The largest absolute Gasteiger partial charge is 0.710 e. The second-order valence-electron chi connectivity index (χ2n) is 6.20. The minimum Gasteiger partial charge on any atom is -0.710 e. The maximum Gasteiger partial charge on any atom is 0.319 e. The Morgan fingerprint density at radius 1 is 1.03 bits per heavy atom. The Hall–Kier alpha value is -3.19. The van der Waals surface area contributed by atoms with Crippen molar-refractivity contribution in [3.8, 4) is 5.75 Å². The van der Waals surface area contributed by atoms with Crippen molar-refractivity contribution >= 4 is 23.4 Å². The summed E-state index contributed by atoms with van der Waals surface area (Å²) < 4.78 is 34.1. The SMILES string of the molecule is O=C(Cc1c(Cl)ccc(NCC(F)(F)c2ccccc2)[n+]1[O-])Oc1ccccc1. The minimum absolute atomic E-state index is 0.0328. The van der Waals surface area contributed by atoms with Crippen LogP contribution in [0.25, 0.3) is 0 Å². The van der Waals surface area contributed by atoms with Crippen molar-refractivity contribution in [3.63, 3.8) is 0 Å². The van der Waals surface area contributed by atoms with Crippen molar-refractivity contribution < 1.29 is 23.0 Å². The normalized spacial score (nSPS) is 11.1. The molecule has 0 saturated heterocycles. The number of halogens is 3. The van der Waals surface area contributed by atoms with Gasteiger partial charge in [0.25, 0.3) is 5.82 Å². The molecule has 0 aliphatic heterocycles. The fraction of sp³-hybridized carbons (Fsp3) is 0.143. The van der Waals surface area contributed by atoms with Crippen molar-refractivity contribution in [2.45, 2.75) is 12.3 Å². The molecule has 3 aromatic rings. The van der Waals surface area contributed by atoms with E-state index in [1.165, 1.54) is 36.4 Å². The predicted molar refractivity (Wildman–Crippen MR) is 105 cm³/mol. The summed E-state index contributed by atoms with van der Waals surface area (Å²) in [4.78, 5) is 12.1. The van der Waals surface area contributed by atoms with Gasteiger partial charge in [-0.1, -0.05) is 60.1 Å². The van der Waals surface area contributed by atoms with Gasteiger partial charge in [-0.05, 0) is 18.2 Å². The van der Waals surface area contributed by atoms with E-state index < -0.39 is 24.9 Å². The molecule has 5 nitrogen and oxygen atoms in total. The monoisotopic (exact) mass is 418 g/mol. The van der Waals surface area contributed by atoms with Crippen molar-refractivity contribution in [1.82, 2.24) is 0 Å². The highest BCUT2D eigenvalue weighted by molar-refractivity contribution is 6.31. The Morgan fingerprint density at radius 3 is 2.31 bits per heavy atom. The number of nitrogens with zero attached hydrogens (tertiary/aromatic N) is 1. The second kappa shape index (κ2) is 8.87. The van der Waals surface area contributed by atoms with E-state index in [2.05, 4.69) is 5.32 Å². The van der Waals surface area contributed by atoms with Gasteiger partial charge in [-0.3, -0.25) is 10.1 Å². The molecule has 8 heteroatoms. The summed E-state index contributed by atoms with van der Waals surface area (Å²) in [5, 5.41) is 15.0. The number of para-hydroxylation sites is 1. The van der Waals surface area contributed by atoms with Gasteiger partial charge in [-0.2, -0.15) is 8.78 Å². The lowest BCUT2D eigenvalue weighted by Gasteiger charge is -2.18. The molecule has 1 aromatic heterocycles. The van der Waals surface area contributed by atoms with Crippen molar-refractivity contribution in [2.24, 2.45) is 0 Å². The summed E-state index contributed by atoms with van der Waals surface area (Å²) >= 11 is 6.03. The Labute approximate surface area is 171 Å². The lowest BCUT2D eigenvalue weighted by Crippen LogP contribution is -2.39. The van der Waals surface area contributed by atoms with E-state index in [4.69, 9.17) is 16.3 Å². The first-order chi connectivity index (χ1) is 13.9. The molecule has 1 N–H and O–H groups in total.